The van der Waals surface area contributed by atoms with E-state index in [-0.39, 0.29) is 11.7 Å². The smallest absolute Gasteiger partial charge is 0.254 e. The number of phenolic OH excluding ortho intramolecular Hbond substituents is 1. The molecule has 0 aromatic heterocycles. The normalized spacial score (nSPS) is 15.9. The van der Waals surface area contributed by atoms with Crippen molar-refractivity contribution in [1.82, 2.24) is 15.2 Å². The van der Waals surface area contributed by atoms with Crippen LogP contribution in [-0.4, -0.2) is 59.8 Å². The molecule has 27 heavy (non-hydrogen) atoms. The largest absolute Gasteiger partial charge is 0.507 e. The fourth-order valence-corrected chi connectivity index (χ4v) is 3.37. The SMILES string of the molecule is O=C(CN1CCN(Cc2ccccc2)CC1)N/N=C\c1cc(Br)ccc1O. The first-order valence-electron chi connectivity index (χ1n) is 8.89. The Balaban J connectivity index is 1.40. The highest BCUT2D eigenvalue weighted by atomic mass is 79.9. The van der Waals surface area contributed by atoms with Gasteiger partial charge in [-0.25, -0.2) is 5.43 Å². The van der Waals surface area contributed by atoms with Gasteiger partial charge in [0.1, 0.15) is 5.75 Å². The van der Waals surface area contributed by atoms with Gasteiger partial charge in [0.15, 0.2) is 0 Å². The number of aromatic hydroxyl groups is 1. The average Bonchev–Trinajstić information content (AvgIpc) is 2.67. The Morgan fingerprint density at radius 2 is 1.81 bits per heavy atom. The van der Waals surface area contributed by atoms with Crippen molar-refractivity contribution in [3.05, 3.63) is 64.1 Å². The lowest BCUT2D eigenvalue weighted by atomic mass is 10.2. The molecule has 0 bridgehead atoms. The van der Waals surface area contributed by atoms with E-state index in [4.69, 9.17) is 0 Å². The lowest BCUT2D eigenvalue weighted by molar-refractivity contribution is -0.122. The molecule has 2 aromatic rings. The third-order valence-electron chi connectivity index (χ3n) is 4.46. The molecule has 3 rings (SSSR count). The van der Waals surface area contributed by atoms with Crippen molar-refractivity contribution in [3.8, 4) is 5.75 Å². The molecule has 1 saturated heterocycles. The van der Waals surface area contributed by atoms with E-state index in [1.807, 2.05) is 6.07 Å². The predicted octanol–water partition coefficient (Wildman–Crippen LogP) is 2.42. The van der Waals surface area contributed by atoms with Crippen LogP contribution in [0.15, 0.2) is 58.1 Å². The zero-order chi connectivity index (χ0) is 19.1. The molecule has 0 aliphatic carbocycles. The standard InChI is InChI=1S/C20H23BrN4O2/c21-18-6-7-19(26)17(12-18)13-22-23-20(27)15-25-10-8-24(9-11-25)14-16-4-2-1-3-5-16/h1-7,12-13,26H,8-11,14-15H2,(H,23,27)/b22-13-. The number of rotatable bonds is 6. The van der Waals surface area contributed by atoms with Crippen LogP contribution in [0.1, 0.15) is 11.1 Å². The summed E-state index contributed by atoms with van der Waals surface area (Å²) in [7, 11) is 0. The molecular weight excluding hydrogens is 408 g/mol. The van der Waals surface area contributed by atoms with Crippen LogP contribution < -0.4 is 5.43 Å². The third-order valence-corrected chi connectivity index (χ3v) is 4.96. The summed E-state index contributed by atoms with van der Waals surface area (Å²) >= 11 is 3.34. The van der Waals surface area contributed by atoms with Crippen LogP contribution >= 0.6 is 15.9 Å². The summed E-state index contributed by atoms with van der Waals surface area (Å²) in [6, 6.07) is 15.5. The number of carbonyl (C=O) groups is 1. The quantitative estimate of drug-likeness (QED) is 0.545. The van der Waals surface area contributed by atoms with Crippen LogP contribution in [0.3, 0.4) is 0 Å². The predicted molar refractivity (Wildman–Crippen MR) is 110 cm³/mol. The van der Waals surface area contributed by atoms with Crippen molar-refractivity contribution >= 4 is 28.1 Å². The lowest BCUT2D eigenvalue weighted by Gasteiger charge is -2.34. The number of amides is 1. The molecule has 1 aliphatic rings. The van der Waals surface area contributed by atoms with E-state index in [0.717, 1.165) is 37.2 Å². The highest BCUT2D eigenvalue weighted by Gasteiger charge is 2.18. The van der Waals surface area contributed by atoms with Gasteiger partial charge in [-0.2, -0.15) is 5.10 Å². The number of benzene rings is 2. The molecule has 0 saturated carbocycles. The first-order chi connectivity index (χ1) is 13.1. The second-order valence-corrected chi connectivity index (χ2v) is 7.45. The highest BCUT2D eigenvalue weighted by Crippen LogP contribution is 2.19. The van der Waals surface area contributed by atoms with Crippen LogP contribution in [-0.2, 0) is 11.3 Å². The van der Waals surface area contributed by atoms with Crippen molar-refractivity contribution in [2.45, 2.75) is 6.54 Å². The van der Waals surface area contributed by atoms with Crippen molar-refractivity contribution in [2.75, 3.05) is 32.7 Å². The maximum atomic E-state index is 12.1. The second-order valence-electron chi connectivity index (χ2n) is 6.53. The minimum absolute atomic E-state index is 0.116. The van der Waals surface area contributed by atoms with E-state index < -0.39 is 0 Å². The topological polar surface area (TPSA) is 68.2 Å². The molecule has 2 N–H and O–H groups in total. The van der Waals surface area contributed by atoms with Crippen LogP contribution in [0.5, 0.6) is 5.75 Å². The maximum Gasteiger partial charge on any atom is 0.254 e. The van der Waals surface area contributed by atoms with Crippen molar-refractivity contribution in [3.63, 3.8) is 0 Å². The molecule has 7 heteroatoms. The Morgan fingerprint density at radius 1 is 1.11 bits per heavy atom. The van der Waals surface area contributed by atoms with Gasteiger partial charge in [0, 0.05) is 42.8 Å². The molecule has 1 fully saturated rings. The van der Waals surface area contributed by atoms with Gasteiger partial charge in [-0.1, -0.05) is 46.3 Å². The first-order valence-corrected chi connectivity index (χ1v) is 9.68. The van der Waals surface area contributed by atoms with Crippen LogP contribution in [0.2, 0.25) is 0 Å². The van der Waals surface area contributed by atoms with E-state index in [1.54, 1.807) is 18.2 Å². The van der Waals surface area contributed by atoms with Gasteiger partial charge in [0.05, 0.1) is 12.8 Å². The molecule has 142 valence electrons. The van der Waals surface area contributed by atoms with Crippen LogP contribution in [0.25, 0.3) is 0 Å². The molecule has 1 amide bonds. The number of nitrogens with zero attached hydrogens (tertiary/aromatic N) is 3. The van der Waals surface area contributed by atoms with Gasteiger partial charge >= 0.3 is 0 Å². The van der Waals surface area contributed by atoms with Gasteiger partial charge in [-0.05, 0) is 23.8 Å². The lowest BCUT2D eigenvalue weighted by Crippen LogP contribution is -2.48. The number of halogens is 1. The number of hydrogen-bond acceptors (Lipinski definition) is 5. The third kappa shape index (κ3) is 6.16. The molecule has 6 nitrogen and oxygen atoms in total. The molecule has 0 atom stereocenters. The minimum atomic E-state index is -0.155. The molecule has 0 unspecified atom stereocenters. The van der Waals surface area contributed by atoms with E-state index in [1.165, 1.54) is 11.8 Å². The molecule has 2 aromatic carbocycles. The minimum Gasteiger partial charge on any atom is -0.507 e. The summed E-state index contributed by atoms with van der Waals surface area (Å²) < 4.78 is 0.835. The average molecular weight is 431 g/mol. The number of hydrogen-bond donors (Lipinski definition) is 2. The van der Waals surface area contributed by atoms with E-state index in [2.05, 4.69) is 60.5 Å². The van der Waals surface area contributed by atoms with Gasteiger partial charge in [0.25, 0.3) is 5.91 Å². The number of carbonyl (C=O) groups excluding carboxylic acids is 1. The Hall–Kier alpha value is -2.22. The Bertz CT molecular complexity index is 790. The van der Waals surface area contributed by atoms with E-state index >= 15 is 0 Å². The molecule has 1 aliphatic heterocycles. The van der Waals surface area contributed by atoms with Crippen molar-refractivity contribution in [2.24, 2.45) is 5.10 Å². The van der Waals surface area contributed by atoms with Gasteiger partial charge < -0.3 is 5.11 Å². The zero-order valence-electron chi connectivity index (χ0n) is 15.0. The highest BCUT2D eigenvalue weighted by molar-refractivity contribution is 9.10. The monoisotopic (exact) mass is 430 g/mol. The van der Waals surface area contributed by atoms with Crippen molar-refractivity contribution < 1.29 is 9.90 Å². The Morgan fingerprint density at radius 3 is 2.56 bits per heavy atom. The number of hydrazone groups is 1. The second kappa shape index (κ2) is 9.64. The summed E-state index contributed by atoms with van der Waals surface area (Å²) in [6.45, 7) is 4.86. The fraction of sp³-hybridized carbons (Fsp3) is 0.300. The first kappa shape index (κ1) is 19.5. The summed E-state index contributed by atoms with van der Waals surface area (Å²) in [5.74, 6) is -0.0389. The van der Waals surface area contributed by atoms with Gasteiger partial charge in [-0.15, -0.1) is 0 Å². The molecule has 0 radical (unpaired) electrons. The number of phenols is 1. The summed E-state index contributed by atoms with van der Waals surface area (Å²) in [6.07, 6.45) is 1.44. The summed E-state index contributed by atoms with van der Waals surface area (Å²) in [5.41, 5.74) is 4.38. The van der Waals surface area contributed by atoms with E-state index in [9.17, 15) is 9.90 Å². The molecule has 1 heterocycles. The summed E-state index contributed by atoms with van der Waals surface area (Å²) in [5, 5.41) is 13.7. The van der Waals surface area contributed by atoms with Gasteiger partial charge in [0.2, 0.25) is 0 Å². The molecular formula is C20H23BrN4O2. The molecule has 0 spiro atoms. The number of piperazine rings is 1. The van der Waals surface area contributed by atoms with E-state index in [0.29, 0.717) is 12.1 Å². The maximum absolute atomic E-state index is 12.1. The Labute approximate surface area is 167 Å². The number of nitrogens with one attached hydrogen (secondary N) is 1. The fourth-order valence-electron chi connectivity index (χ4n) is 2.99. The summed E-state index contributed by atoms with van der Waals surface area (Å²) in [4.78, 5) is 16.6. The van der Waals surface area contributed by atoms with Crippen LogP contribution in [0.4, 0.5) is 0 Å². The Kier molecular flexibility index (Phi) is 6.98. The zero-order valence-corrected chi connectivity index (χ0v) is 16.6. The van der Waals surface area contributed by atoms with Gasteiger partial charge in [-0.3, -0.25) is 14.6 Å². The van der Waals surface area contributed by atoms with Crippen LogP contribution in [0, 0.1) is 0 Å². The van der Waals surface area contributed by atoms with Crippen molar-refractivity contribution in [1.29, 1.82) is 0 Å².